The normalized spacial score (nSPS) is 11.8. The summed E-state index contributed by atoms with van der Waals surface area (Å²) in [5.41, 5.74) is 6.44. The molecule has 0 aliphatic heterocycles. The van der Waals surface area contributed by atoms with Crippen molar-refractivity contribution in [3.8, 4) is 0 Å². The third-order valence-corrected chi connectivity index (χ3v) is 2.08. The SMILES string of the molecule is CCOC(=S)N/N=C(C)/C(C)=N/NC(=S)OC. The Morgan fingerprint density at radius 1 is 1.06 bits per heavy atom. The second-order valence-electron chi connectivity index (χ2n) is 2.83. The Balaban J connectivity index is 4.28. The second kappa shape index (κ2) is 8.82. The third kappa shape index (κ3) is 7.58. The van der Waals surface area contributed by atoms with Gasteiger partial charge in [0.15, 0.2) is 0 Å². The molecule has 96 valence electrons. The summed E-state index contributed by atoms with van der Waals surface area (Å²) in [5.74, 6) is 0. The van der Waals surface area contributed by atoms with Gasteiger partial charge in [-0.1, -0.05) is 0 Å². The molecule has 0 heterocycles. The van der Waals surface area contributed by atoms with Gasteiger partial charge in [0.25, 0.3) is 10.3 Å². The summed E-state index contributed by atoms with van der Waals surface area (Å²) in [6.45, 7) is 5.89. The van der Waals surface area contributed by atoms with Crippen molar-refractivity contribution in [2.45, 2.75) is 20.8 Å². The third-order valence-electron chi connectivity index (χ3n) is 1.61. The van der Waals surface area contributed by atoms with Crippen molar-refractivity contribution < 1.29 is 9.47 Å². The molecule has 0 aliphatic rings. The van der Waals surface area contributed by atoms with Gasteiger partial charge in [-0.05, 0) is 45.2 Å². The summed E-state index contributed by atoms with van der Waals surface area (Å²) in [4.78, 5) is 0. The number of ether oxygens (including phenoxy) is 2. The van der Waals surface area contributed by atoms with E-state index in [4.69, 9.17) is 33.9 Å². The Bertz CT molecular complexity index is 342. The lowest BCUT2D eigenvalue weighted by molar-refractivity contribution is 0.321. The number of hydrogen-bond donors (Lipinski definition) is 2. The number of nitrogens with zero attached hydrogens (tertiary/aromatic N) is 2. The first-order valence-corrected chi connectivity index (χ1v) is 5.68. The van der Waals surface area contributed by atoms with Crippen LogP contribution in [0.15, 0.2) is 10.2 Å². The van der Waals surface area contributed by atoms with Crippen LogP contribution in [0.25, 0.3) is 0 Å². The summed E-state index contributed by atoms with van der Waals surface area (Å²) < 4.78 is 9.73. The van der Waals surface area contributed by atoms with E-state index in [1.54, 1.807) is 13.8 Å². The molecule has 0 saturated heterocycles. The van der Waals surface area contributed by atoms with Crippen molar-refractivity contribution in [1.82, 2.24) is 10.9 Å². The maximum absolute atomic E-state index is 5.00. The molecule has 0 bridgehead atoms. The van der Waals surface area contributed by atoms with Crippen LogP contribution in [0.1, 0.15) is 20.8 Å². The number of hydrazone groups is 2. The van der Waals surface area contributed by atoms with Gasteiger partial charge in [-0.2, -0.15) is 10.2 Å². The minimum atomic E-state index is 0.190. The zero-order chi connectivity index (χ0) is 13.3. The summed E-state index contributed by atoms with van der Waals surface area (Å²) >= 11 is 9.61. The standard InChI is InChI=1S/C9H16N4O2S2/c1-5-15-9(17)13-11-7(3)6(2)10-12-8(16)14-4/h5H2,1-4H3,(H,12,16)(H,13,17)/b10-6+,11-7+. The largest absolute Gasteiger partial charge is 0.473 e. The number of hydrogen-bond acceptors (Lipinski definition) is 6. The highest BCUT2D eigenvalue weighted by Gasteiger charge is 1.99. The summed E-state index contributed by atoms with van der Waals surface area (Å²) in [6, 6.07) is 0. The van der Waals surface area contributed by atoms with Gasteiger partial charge in [0, 0.05) is 0 Å². The van der Waals surface area contributed by atoms with Crippen LogP contribution < -0.4 is 10.9 Å². The summed E-state index contributed by atoms with van der Waals surface area (Å²) in [5, 5.41) is 8.37. The first-order valence-electron chi connectivity index (χ1n) is 4.86. The fourth-order valence-electron chi connectivity index (χ4n) is 0.630. The maximum atomic E-state index is 5.00. The van der Waals surface area contributed by atoms with E-state index in [2.05, 4.69) is 21.1 Å². The molecule has 0 spiro atoms. The van der Waals surface area contributed by atoms with Crippen LogP contribution in [0.5, 0.6) is 0 Å². The molecule has 0 amide bonds. The molecule has 0 rings (SSSR count). The van der Waals surface area contributed by atoms with Crippen LogP contribution in [-0.2, 0) is 9.47 Å². The zero-order valence-corrected chi connectivity index (χ0v) is 11.9. The molecule has 0 unspecified atom stereocenters. The first-order chi connectivity index (χ1) is 8.01. The van der Waals surface area contributed by atoms with Crippen molar-refractivity contribution >= 4 is 46.2 Å². The van der Waals surface area contributed by atoms with E-state index in [1.807, 2.05) is 6.92 Å². The van der Waals surface area contributed by atoms with Crippen LogP contribution >= 0.6 is 24.4 Å². The van der Waals surface area contributed by atoms with Gasteiger partial charge in [0.2, 0.25) is 0 Å². The Morgan fingerprint density at radius 2 is 1.53 bits per heavy atom. The van der Waals surface area contributed by atoms with Crippen molar-refractivity contribution in [1.29, 1.82) is 0 Å². The lowest BCUT2D eigenvalue weighted by Crippen LogP contribution is -2.24. The Kier molecular flexibility index (Phi) is 8.16. The van der Waals surface area contributed by atoms with E-state index in [9.17, 15) is 0 Å². The molecule has 0 aromatic rings. The summed E-state index contributed by atoms with van der Waals surface area (Å²) in [7, 11) is 1.46. The van der Waals surface area contributed by atoms with Crippen LogP contribution in [-0.4, -0.2) is 35.5 Å². The molecule has 6 nitrogen and oxygen atoms in total. The van der Waals surface area contributed by atoms with E-state index in [1.165, 1.54) is 7.11 Å². The quantitative estimate of drug-likeness (QED) is 0.456. The number of methoxy groups -OCH3 is 1. The predicted octanol–water partition coefficient (Wildman–Crippen LogP) is 1.17. The molecule has 0 aliphatic carbocycles. The fourth-order valence-corrected chi connectivity index (χ4v) is 0.839. The average Bonchev–Trinajstić information content (AvgIpc) is 2.32. The second-order valence-corrected chi connectivity index (χ2v) is 3.57. The molecular formula is C9H16N4O2S2. The van der Waals surface area contributed by atoms with Gasteiger partial charge in [-0.15, -0.1) is 0 Å². The molecule has 0 fully saturated rings. The average molecular weight is 276 g/mol. The van der Waals surface area contributed by atoms with Crippen molar-refractivity contribution in [2.75, 3.05) is 13.7 Å². The van der Waals surface area contributed by atoms with E-state index >= 15 is 0 Å². The lowest BCUT2D eigenvalue weighted by atomic mass is 10.3. The Morgan fingerprint density at radius 3 is 1.94 bits per heavy atom. The van der Waals surface area contributed by atoms with Crippen LogP contribution in [0.3, 0.4) is 0 Å². The van der Waals surface area contributed by atoms with Gasteiger partial charge in [0.1, 0.15) is 0 Å². The topological polar surface area (TPSA) is 67.2 Å². The zero-order valence-electron chi connectivity index (χ0n) is 10.2. The van der Waals surface area contributed by atoms with Crippen LogP contribution in [0.2, 0.25) is 0 Å². The highest BCUT2D eigenvalue weighted by molar-refractivity contribution is 7.80. The van der Waals surface area contributed by atoms with E-state index < -0.39 is 0 Å². The molecule has 0 aromatic carbocycles. The minimum Gasteiger partial charge on any atom is -0.473 e. The van der Waals surface area contributed by atoms with Gasteiger partial charge >= 0.3 is 0 Å². The minimum absolute atomic E-state index is 0.190. The number of rotatable bonds is 4. The molecule has 2 N–H and O–H groups in total. The predicted molar refractivity (Wildman–Crippen MR) is 76.3 cm³/mol. The van der Waals surface area contributed by atoms with Gasteiger partial charge in [-0.3, -0.25) is 0 Å². The maximum Gasteiger partial charge on any atom is 0.277 e. The molecule has 8 heteroatoms. The molecule has 0 atom stereocenters. The van der Waals surface area contributed by atoms with Crippen molar-refractivity contribution in [3.63, 3.8) is 0 Å². The van der Waals surface area contributed by atoms with Crippen LogP contribution in [0, 0.1) is 0 Å². The van der Waals surface area contributed by atoms with Crippen molar-refractivity contribution in [3.05, 3.63) is 0 Å². The fraction of sp³-hybridized carbons (Fsp3) is 0.556. The van der Waals surface area contributed by atoms with Gasteiger partial charge in [-0.25, -0.2) is 10.9 Å². The molecule has 0 aromatic heterocycles. The van der Waals surface area contributed by atoms with Crippen LogP contribution in [0.4, 0.5) is 0 Å². The van der Waals surface area contributed by atoms with Gasteiger partial charge in [0.05, 0.1) is 25.1 Å². The lowest BCUT2D eigenvalue weighted by Gasteiger charge is -2.05. The highest BCUT2D eigenvalue weighted by atomic mass is 32.1. The molecule has 0 saturated carbocycles. The summed E-state index contributed by atoms with van der Waals surface area (Å²) in [6.07, 6.45) is 0. The van der Waals surface area contributed by atoms with E-state index in [0.717, 1.165) is 0 Å². The van der Waals surface area contributed by atoms with Gasteiger partial charge < -0.3 is 9.47 Å². The monoisotopic (exact) mass is 276 g/mol. The van der Waals surface area contributed by atoms with E-state index in [0.29, 0.717) is 18.0 Å². The molecular weight excluding hydrogens is 260 g/mol. The molecule has 0 radical (unpaired) electrons. The van der Waals surface area contributed by atoms with Crippen molar-refractivity contribution in [2.24, 2.45) is 10.2 Å². The smallest absolute Gasteiger partial charge is 0.277 e. The Labute approximate surface area is 111 Å². The Hall–Kier alpha value is -1.28. The number of nitrogens with one attached hydrogen (secondary N) is 2. The number of thiocarbonyl (C=S) groups is 2. The highest BCUT2D eigenvalue weighted by Crippen LogP contribution is 1.85. The first kappa shape index (κ1) is 15.7. The van der Waals surface area contributed by atoms with E-state index in [-0.39, 0.29) is 10.3 Å². The molecule has 17 heavy (non-hydrogen) atoms.